The number of nitriles is 1. The minimum Gasteiger partial charge on any atom is -0.278 e. The van der Waals surface area contributed by atoms with Gasteiger partial charge in [0.05, 0.1) is 5.69 Å². The molecule has 0 spiro atoms. The lowest BCUT2D eigenvalue weighted by Crippen LogP contribution is -2.05. The van der Waals surface area contributed by atoms with E-state index in [1.165, 1.54) is 6.07 Å². The van der Waals surface area contributed by atoms with Gasteiger partial charge in [-0.3, -0.25) is 5.43 Å². The van der Waals surface area contributed by atoms with Crippen LogP contribution in [0, 0.1) is 17.1 Å². The molecular formula is C15H11ClFN3. The summed E-state index contributed by atoms with van der Waals surface area (Å²) < 4.78 is 13.5. The second-order valence-electron chi connectivity index (χ2n) is 4.06. The van der Waals surface area contributed by atoms with Crippen molar-refractivity contribution in [3.8, 4) is 6.07 Å². The van der Waals surface area contributed by atoms with E-state index in [1.54, 1.807) is 42.5 Å². The summed E-state index contributed by atoms with van der Waals surface area (Å²) in [4.78, 5) is 0. The highest BCUT2D eigenvalue weighted by atomic mass is 35.5. The summed E-state index contributed by atoms with van der Waals surface area (Å²) in [6.45, 7) is 0. The Morgan fingerprint density at radius 2 is 1.90 bits per heavy atom. The third kappa shape index (κ3) is 3.81. The van der Waals surface area contributed by atoms with Gasteiger partial charge in [-0.2, -0.15) is 10.4 Å². The van der Waals surface area contributed by atoms with Gasteiger partial charge in [0.1, 0.15) is 17.6 Å². The lowest BCUT2D eigenvalue weighted by molar-refractivity contribution is 0.616. The van der Waals surface area contributed by atoms with Gasteiger partial charge in [-0.15, -0.1) is 0 Å². The average molecular weight is 288 g/mol. The second-order valence-corrected chi connectivity index (χ2v) is 4.49. The van der Waals surface area contributed by atoms with Crippen LogP contribution in [-0.2, 0) is 6.42 Å². The zero-order valence-corrected chi connectivity index (χ0v) is 11.2. The third-order valence-electron chi connectivity index (χ3n) is 2.61. The van der Waals surface area contributed by atoms with Crippen LogP contribution >= 0.6 is 11.6 Å². The minimum atomic E-state index is -0.345. The SMILES string of the molecule is N#C/C(Cc1ccccc1F)=N\Nc1ccc(Cl)cc1. The summed E-state index contributed by atoms with van der Waals surface area (Å²) >= 11 is 5.77. The van der Waals surface area contributed by atoms with Crippen LogP contribution in [0.25, 0.3) is 0 Å². The molecule has 0 saturated carbocycles. The molecule has 0 bridgehead atoms. The van der Waals surface area contributed by atoms with Gasteiger partial charge in [0, 0.05) is 11.4 Å². The van der Waals surface area contributed by atoms with E-state index in [4.69, 9.17) is 16.9 Å². The van der Waals surface area contributed by atoms with Crippen molar-refractivity contribution < 1.29 is 4.39 Å². The van der Waals surface area contributed by atoms with Gasteiger partial charge in [-0.25, -0.2) is 4.39 Å². The number of anilines is 1. The highest BCUT2D eigenvalue weighted by Crippen LogP contribution is 2.13. The maximum atomic E-state index is 13.5. The molecule has 20 heavy (non-hydrogen) atoms. The van der Waals surface area contributed by atoms with E-state index in [-0.39, 0.29) is 17.9 Å². The monoisotopic (exact) mass is 287 g/mol. The van der Waals surface area contributed by atoms with Gasteiger partial charge < -0.3 is 0 Å². The van der Waals surface area contributed by atoms with Crippen LogP contribution in [0.3, 0.4) is 0 Å². The molecule has 0 atom stereocenters. The molecule has 0 radical (unpaired) electrons. The molecule has 2 aromatic rings. The first-order valence-corrected chi connectivity index (χ1v) is 6.28. The Kier molecular flexibility index (Phi) is 4.70. The van der Waals surface area contributed by atoms with Crippen LogP contribution < -0.4 is 5.43 Å². The average Bonchev–Trinajstić information content (AvgIpc) is 2.47. The van der Waals surface area contributed by atoms with Gasteiger partial charge in [0.2, 0.25) is 0 Å². The first-order valence-electron chi connectivity index (χ1n) is 5.90. The van der Waals surface area contributed by atoms with Gasteiger partial charge in [0.25, 0.3) is 0 Å². The van der Waals surface area contributed by atoms with Crippen molar-refractivity contribution in [3.05, 3.63) is 64.9 Å². The summed E-state index contributed by atoms with van der Waals surface area (Å²) in [7, 11) is 0. The number of hydrogen-bond acceptors (Lipinski definition) is 3. The van der Waals surface area contributed by atoms with Crippen LogP contribution in [0.1, 0.15) is 5.56 Å². The maximum absolute atomic E-state index is 13.5. The predicted molar refractivity (Wildman–Crippen MR) is 78.2 cm³/mol. The molecule has 0 heterocycles. The molecular weight excluding hydrogens is 277 g/mol. The van der Waals surface area contributed by atoms with E-state index in [9.17, 15) is 4.39 Å². The molecule has 0 aliphatic heterocycles. The van der Waals surface area contributed by atoms with Crippen LogP contribution in [0.2, 0.25) is 5.02 Å². The third-order valence-corrected chi connectivity index (χ3v) is 2.86. The number of hydrazone groups is 1. The van der Waals surface area contributed by atoms with E-state index < -0.39 is 0 Å². The molecule has 0 aromatic heterocycles. The van der Waals surface area contributed by atoms with E-state index in [1.807, 2.05) is 6.07 Å². The summed E-state index contributed by atoms with van der Waals surface area (Å²) in [6.07, 6.45) is 0.143. The lowest BCUT2D eigenvalue weighted by Gasteiger charge is -2.03. The number of rotatable bonds is 4. The molecule has 1 N–H and O–H groups in total. The molecule has 100 valence electrons. The van der Waals surface area contributed by atoms with Crippen LogP contribution in [0.15, 0.2) is 53.6 Å². The van der Waals surface area contributed by atoms with Crippen molar-refractivity contribution in [1.82, 2.24) is 0 Å². The number of benzene rings is 2. The van der Waals surface area contributed by atoms with Crippen molar-refractivity contribution in [1.29, 1.82) is 5.26 Å². The van der Waals surface area contributed by atoms with Crippen molar-refractivity contribution >= 4 is 23.0 Å². The van der Waals surface area contributed by atoms with Crippen LogP contribution in [-0.4, -0.2) is 5.71 Å². The van der Waals surface area contributed by atoms with Gasteiger partial charge >= 0.3 is 0 Å². The molecule has 3 nitrogen and oxygen atoms in total. The summed E-state index contributed by atoms with van der Waals surface area (Å²) in [5.41, 5.74) is 4.09. The van der Waals surface area contributed by atoms with Crippen molar-refractivity contribution in [2.45, 2.75) is 6.42 Å². The molecule has 2 rings (SSSR count). The fourth-order valence-corrected chi connectivity index (χ4v) is 1.71. The fourth-order valence-electron chi connectivity index (χ4n) is 1.58. The fraction of sp³-hybridized carbons (Fsp3) is 0.0667. The molecule has 2 aromatic carbocycles. The predicted octanol–water partition coefficient (Wildman–Crippen LogP) is 4.01. The van der Waals surface area contributed by atoms with Crippen LogP contribution in [0.5, 0.6) is 0 Å². The molecule has 5 heteroatoms. The molecule has 0 aliphatic rings. The Morgan fingerprint density at radius 3 is 2.55 bits per heavy atom. The van der Waals surface area contributed by atoms with Crippen molar-refractivity contribution in [2.24, 2.45) is 5.10 Å². The quantitative estimate of drug-likeness (QED) is 0.682. The van der Waals surface area contributed by atoms with E-state index in [0.717, 1.165) is 0 Å². The Bertz CT molecular complexity index is 660. The molecule has 0 unspecified atom stereocenters. The lowest BCUT2D eigenvalue weighted by atomic mass is 10.1. The molecule has 0 saturated heterocycles. The van der Waals surface area contributed by atoms with Crippen molar-refractivity contribution in [2.75, 3.05) is 5.43 Å². The normalized spacial score (nSPS) is 10.9. The van der Waals surface area contributed by atoms with E-state index in [2.05, 4.69) is 10.5 Å². The zero-order chi connectivity index (χ0) is 14.4. The first kappa shape index (κ1) is 14.0. The number of hydrogen-bond donors (Lipinski definition) is 1. The largest absolute Gasteiger partial charge is 0.278 e. The Labute approximate surface area is 121 Å². The topological polar surface area (TPSA) is 48.2 Å². The second kappa shape index (κ2) is 6.69. The standard InChI is InChI=1S/C15H11ClFN3/c16-12-5-7-13(8-6-12)19-20-14(10-18)9-11-3-1-2-4-15(11)17/h1-8,19H,9H2/b20-14-. The van der Waals surface area contributed by atoms with Gasteiger partial charge in [0.15, 0.2) is 0 Å². The number of halogens is 2. The van der Waals surface area contributed by atoms with E-state index >= 15 is 0 Å². The van der Waals surface area contributed by atoms with E-state index in [0.29, 0.717) is 16.3 Å². The molecule has 0 amide bonds. The Morgan fingerprint density at radius 1 is 1.20 bits per heavy atom. The summed E-state index contributed by atoms with van der Waals surface area (Å²) in [6, 6.07) is 15.2. The highest BCUT2D eigenvalue weighted by molar-refractivity contribution is 6.30. The number of nitrogens with zero attached hydrogens (tertiary/aromatic N) is 2. The highest BCUT2D eigenvalue weighted by Gasteiger charge is 2.05. The molecule has 0 aliphatic carbocycles. The maximum Gasteiger partial charge on any atom is 0.142 e. The minimum absolute atomic E-state index is 0.143. The van der Waals surface area contributed by atoms with Crippen LogP contribution in [0.4, 0.5) is 10.1 Å². The molecule has 0 fully saturated rings. The smallest absolute Gasteiger partial charge is 0.142 e. The Balaban J connectivity index is 2.09. The van der Waals surface area contributed by atoms with Crippen molar-refractivity contribution in [3.63, 3.8) is 0 Å². The number of nitrogens with one attached hydrogen (secondary N) is 1. The summed E-state index contributed by atoms with van der Waals surface area (Å²) in [5.74, 6) is -0.345. The zero-order valence-electron chi connectivity index (χ0n) is 10.5. The Hall–Kier alpha value is -2.38. The summed E-state index contributed by atoms with van der Waals surface area (Å²) in [5, 5.41) is 13.6. The first-order chi connectivity index (χ1) is 9.69. The van der Waals surface area contributed by atoms with Gasteiger partial charge in [-0.05, 0) is 35.9 Å². The van der Waals surface area contributed by atoms with Gasteiger partial charge in [-0.1, -0.05) is 29.8 Å².